The lowest BCUT2D eigenvalue weighted by molar-refractivity contribution is 0.0594. The molecule has 2 N–H and O–H groups in total. The summed E-state index contributed by atoms with van der Waals surface area (Å²) < 4.78 is 4.80. The maximum atomic E-state index is 11.8. The average Bonchev–Trinajstić information content (AvgIpc) is 2.90. The van der Waals surface area contributed by atoms with E-state index in [0.29, 0.717) is 12.2 Å². The number of H-pyrrole nitrogens is 1. The average molecular weight is 283 g/mol. The summed E-state index contributed by atoms with van der Waals surface area (Å²) in [4.78, 5) is 19.6. The minimum atomic E-state index is -0.417. The molecule has 0 atom stereocenters. The highest BCUT2D eigenvalue weighted by Crippen LogP contribution is 2.27. The van der Waals surface area contributed by atoms with Crippen molar-refractivity contribution >= 4 is 27.8 Å². The van der Waals surface area contributed by atoms with Crippen molar-refractivity contribution < 1.29 is 9.53 Å². The van der Waals surface area contributed by atoms with Crippen LogP contribution >= 0.6 is 0 Å². The number of carbonyl (C=O) groups is 1. The van der Waals surface area contributed by atoms with Crippen LogP contribution in [-0.4, -0.2) is 29.6 Å². The molecule has 5 nitrogen and oxygen atoms in total. The van der Waals surface area contributed by atoms with Crippen molar-refractivity contribution in [3.63, 3.8) is 0 Å². The summed E-state index contributed by atoms with van der Waals surface area (Å²) in [6.07, 6.45) is 0. The van der Waals surface area contributed by atoms with E-state index in [0.717, 1.165) is 34.0 Å². The van der Waals surface area contributed by atoms with Crippen molar-refractivity contribution in [2.75, 3.05) is 13.7 Å². The van der Waals surface area contributed by atoms with Crippen molar-refractivity contribution in [2.45, 2.75) is 13.5 Å². The van der Waals surface area contributed by atoms with Crippen LogP contribution in [0.4, 0.5) is 0 Å². The lowest BCUT2D eigenvalue weighted by Crippen LogP contribution is -2.15. The van der Waals surface area contributed by atoms with Crippen LogP contribution in [0, 0.1) is 0 Å². The molecule has 0 saturated carbocycles. The second-order valence-corrected chi connectivity index (χ2v) is 4.82. The molecule has 0 aliphatic rings. The quantitative estimate of drug-likeness (QED) is 0.722. The molecule has 2 heterocycles. The molecule has 0 amide bonds. The summed E-state index contributed by atoms with van der Waals surface area (Å²) >= 11 is 0. The number of pyridine rings is 1. The highest BCUT2D eigenvalue weighted by atomic mass is 16.5. The molecule has 21 heavy (non-hydrogen) atoms. The first-order chi connectivity index (χ1) is 10.2. The van der Waals surface area contributed by atoms with E-state index >= 15 is 0 Å². The van der Waals surface area contributed by atoms with Crippen LogP contribution in [0.15, 0.2) is 30.3 Å². The summed E-state index contributed by atoms with van der Waals surface area (Å²) in [6.45, 7) is 3.48. The molecule has 108 valence electrons. The molecule has 0 spiro atoms. The van der Waals surface area contributed by atoms with Crippen molar-refractivity contribution in [1.29, 1.82) is 0 Å². The monoisotopic (exact) mass is 283 g/mol. The number of nitrogens with one attached hydrogen (secondary N) is 2. The molecule has 0 aliphatic heterocycles. The Labute approximate surface area is 122 Å². The van der Waals surface area contributed by atoms with Crippen molar-refractivity contribution in [1.82, 2.24) is 15.3 Å². The SMILES string of the molecule is CCNCc1nc(C(=O)OC)cc2c1[nH]c1ccccc12. The Morgan fingerprint density at radius 2 is 2.14 bits per heavy atom. The predicted molar refractivity (Wildman–Crippen MR) is 82.3 cm³/mol. The fourth-order valence-corrected chi connectivity index (χ4v) is 2.49. The van der Waals surface area contributed by atoms with Crippen molar-refractivity contribution in [2.24, 2.45) is 0 Å². The second-order valence-electron chi connectivity index (χ2n) is 4.82. The zero-order chi connectivity index (χ0) is 14.8. The number of fused-ring (bicyclic) bond motifs is 3. The fraction of sp³-hybridized carbons (Fsp3) is 0.250. The smallest absolute Gasteiger partial charge is 0.356 e. The molecule has 2 aromatic heterocycles. The molecule has 3 aromatic rings. The van der Waals surface area contributed by atoms with E-state index in [9.17, 15) is 4.79 Å². The molecule has 0 bridgehead atoms. The third-order valence-corrected chi connectivity index (χ3v) is 3.51. The number of methoxy groups -OCH3 is 1. The van der Waals surface area contributed by atoms with Gasteiger partial charge in [0.15, 0.2) is 0 Å². The molecule has 3 rings (SSSR count). The van der Waals surface area contributed by atoms with E-state index in [1.54, 1.807) is 6.07 Å². The van der Waals surface area contributed by atoms with E-state index in [1.165, 1.54) is 7.11 Å². The van der Waals surface area contributed by atoms with Crippen LogP contribution in [0.2, 0.25) is 0 Å². The zero-order valence-electron chi connectivity index (χ0n) is 12.1. The third kappa shape index (κ3) is 2.36. The molecule has 0 radical (unpaired) electrons. The number of para-hydroxylation sites is 1. The van der Waals surface area contributed by atoms with Gasteiger partial charge in [-0.1, -0.05) is 25.1 Å². The highest BCUT2D eigenvalue weighted by molar-refractivity contribution is 6.09. The van der Waals surface area contributed by atoms with Gasteiger partial charge in [-0.25, -0.2) is 9.78 Å². The zero-order valence-corrected chi connectivity index (χ0v) is 12.1. The van der Waals surface area contributed by atoms with Gasteiger partial charge in [0.1, 0.15) is 5.69 Å². The minimum Gasteiger partial charge on any atom is -0.464 e. The van der Waals surface area contributed by atoms with E-state index in [4.69, 9.17) is 4.74 Å². The van der Waals surface area contributed by atoms with Gasteiger partial charge < -0.3 is 15.0 Å². The Kier molecular flexibility index (Phi) is 3.58. The van der Waals surface area contributed by atoms with E-state index in [-0.39, 0.29) is 0 Å². The fourth-order valence-electron chi connectivity index (χ4n) is 2.49. The highest BCUT2D eigenvalue weighted by Gasteiger charge is 2.15. The largest absolute Gasteiger partial charge is 0.464 e. The molecule has 0 fully saturated rings. The summed E-state index contributed by atoms with van der Waals surface area (Å²) in [5.74, 6) is -0.417. The lowest BCUT2D eigenvalue weighted by Gasteiger charge is -2.06. The number of carbonyl (C=O) groups excluding carboxylic acids is 1. The van der Waals surface area contributed by atoms with Gasteiger partial charge in [0.25, 0.3) is 0 Å². The number of hydrogen-bond acceptors (Lipinski definition) is 4. The molecule has 1 aromatic carbocycles. The number of aromatic nitrogens is 2. The first kappa shape index (κ1) is 13.6. The van der Waals surface area contributed by atoms with Gasteiger partial charge in [-0.2, -0.15) is 0 Å². The molecule has 0 aliphatic carbocycles. The van der Waals surface area contributed by atoms with Gasteiger partial charge in [-0.3, -0.25) is 0 Å². The van der Waals surface area contributed by atoms with Crippen molar-refractivity contribution in [3.05, 3.63) is 41.7 Å². The Morgan fingerprint density at radius 1 is 1.33 bits per heavy atom. The maximum absolute atomic E-state index is 11.8. The standard InChI is InChI=1S/C16H17N3O2/c1-3-17-9-14-15-11(8-13(18-14)16(20)21-2)10-6-4-5-7-12(10)19-15/h4-8,17,19H,3,9H2,1-2H3. The number of ether oxygens (including phenoxy) is 1. The van der Waals surface area contributed by atoms with Crippen LogP contribution in [0.5, 0.6) is 0 Å². The van der Waals surface area contributed by atoms with E-state index in [2.05, 4.69) is 15.3 Å². The molecular weight excluding hydrogens is 266 g/mol. The molecule has 0 saturated heterocycles. The first-order valence-corrected chi connectivity index (χ1v) is 6.94. The van der Waals surface area contributed by atoms with Crippen LogP contribution in [0.1, 0.15) is 23.1 Å². The summed E-state index contributed by atoms with van der Waals surface area (Å²) in [7, 11) is 1.37. The Bertz CT molecular complexity index is 808. The van der Waals surface area contributed by atoms with E-state index in [1.807, 2.05) is 31.2 Å². The van der Waals surface area contributed by atoms with Gasteiger partial charge in [-0.15, -0.1) is 0 Å². The number of aromatic amines is 1. The van der Waals surface area contributed by atoms with Gasteiger partial charge >= 0.3 is 5.97 Å². The van der Waals surface area contributed by atoms with Crippen LogP contribution in [0.25, 0.3) is 21.8 Å². The van der Waals surface area contributed by atoms with E-state index < -0.39 is 5.97 Å². The first-order valence-electron chi connectivity index (χ1n) is 6.94. The maximum Gasteiger partial charge on any atom is 0.356 e. The topological polar surface area (TPSA) is 67.0 Å². The second kappa shape index (κ2) is 5.54. The third-order valence-electron chi connectivity index (χ3n) is 3.51. The number of esters is 1. The molecular formula is C16H17N3O2. The van der Waals surface area contributed by atoms with Gasteiger partial charge in [0, 0.05) is 22.8 Å². The normalized spacial score (nSPS) is 11.1. The Hall–Kier alpha value is -2.40. The molecule has 5 heteroatoms. The van der Waals surface area contributed by atoms with Crippen LogP contribution in [0.3, 0.4) is 0 Å². The van der Waals surface area contributed by atoms with Gasteiger partial charge in [0.05, 0.1) is 18.3 Å². The van der Waals surface area contributed by atoms with Gasteiger partial charge in [0.2, 0.25) is 0 Å². The minimum absolute atomic E-state index is 0.336. The van der Waals surface area contributed by atoms with Crippen LogP contribution in [-0.2, 0) is 11.3 Å². The summed E-state index contributed by atoms with van der Waals surface area (Å²) in [5.41, 5.74) is 3.16. The number of benzene rings is 1. The lowest BCUT2D eigenvalue weighted by atomic mass is 10.1. The summed E-state index contributed by atoms with van der Waals surface area (Å²) in [6, 6.07) is 9.81. The van der Waals surface area contributed by atoms with Crippen molar-refractivity contribution in [3.8, 4) is 0 Å². The Morgan fingerprint density at radius 3 is 2.90 bits per heavy atom. The number of rotatable bonds is 4. The van der Waals surface area contributed by atoms with Crippen LogP contribution < -0.4 is 5.32 Å². The Balaban J connectivity index is 2.28. The predicted octanol–water partition coefficient (Wildman–Crippen LogP) is 2.61. The number of hydrogen-bond donors (Lipinski definition) is 2. The van der Waals surface area contributed by atoms with Gasteiger partial charge in [-0.05, 0) is 18.7 Å². The summed E-state index contributed by atoms with van der Waals surface area (Å²) in [5, 5.41) is 5.33. The molecule has 0 unspecified atom stereocenters. The number of nitrogens with zero attached hydrogens (tertiary/aromatic N) is 1.